The molecule has 0 radical (unpaired) electrons. The van der Waals surface area contributed by atoms with Crippen LogP contribution in [0.1, 0.15) is 59.8 Å². The largest absolute Gasteiger partial charge is 0.351 e. The Hall–Kier alpha value is -3.09. The third kappa shape index (κ3) is 5.34. The Morgan fingerprint density at radius 3 is 2.53 bits per heavy atom. The Labute approximate surface area is 201 Å². The monoisotopic (exact) mass is 455 g/mol. The van der Waals surface area contributed by atoms with Crippen LogP contribution < -0.4 is 10.6 Å². The summed E-state index contributed by atoms with van der Waals surface area (Å²) in [6, 6.07) is 18.8. The summed E-state index contributed by atoms with van der Waals surface area (Å²) in [5.74, 6) is 0.140. The number of amides is 1. The van der Waals surface area contributed by atoms with Crippen molar-refractivity contribution in [3.05, 3.63) is 95.1 Å². The summed E-state index contributed by atoms with van der Waals surface area (Å²) >= 11 is 0. The molecule has 3 heterocycles. The number of aryl methyl sites for hydroxylation is 1. The first-order valence-corrected chi connectivity index (χ1v) is 12.4. The van der Waals surface area contributed by atoms with Crippen molar-refractivity contribution in [2.45, 2.75) is 63.8 Å². The molecule has 5 rings (SSSR count). The topological polar surface area (TPSA) is 70.2 Å². The number of rotatable bonds is 8. The van der Waals surface area contributed by atoms with E-state index in [2.05, 4.69) is 50.8 Å². The molecule has 1 amide bonds. The molecule has 1 aliphatic carbocycles. The van der Waals surface area contributed by atoms with Gasteiger partial charge in [0.15, 0.2) is 0 Å². The van der Waals surface area contributed by atoms with E-state index >= 15 is 0 Å². The van der Waals surface area contributed by atoms with Crippen LogP contribution >= 0.6 is 0 Å². The molecule has 0 spiro atoms. The molecule has 0 bridgehead atoms. The van der Waals surface area contributed by atoms with Crippen molar-refractivity contribution < 1.29 is 4.79 Å². The van der Waals surface area contributed by atoms with E-state index in [-0.39, 0.29) is 18.0 Å². The quantitative estimate of drug-likeness (QED) is 0.539. The molecule has 2 aromatic heterocycles. The van der Waals surface area contributed by atoms with Crippen LogP contribution in [-0.4, -0.2) is 33.4 Å². The molecule has 1 aliphatic heterocycles. The molecule has 176 valence electrons. The number of nitrogens with zero attached hydrogens (tertiary/aromatic N) is 3. The average molecular weight is 456 g/mol. The maximum atomic E-state index is 13.1. The van der Waals surface area contributed by atoms with Crippen LogP contribution in [0.2, 0.25) is 0 Å². The van der Waals surface area contributed by atoms with Gasteiger partial charge in [0.1, 0.15) is 0 Å². The molecule has 2 N–H and O–H groups in total. The number of benzene rings is 1. The van der Waals surface area contributed by atoms with Crippen molar-refractivity contribution in [1.29, 1.82) is 0 Å². The number of carbonyl (C=O) groups excluding carboxylic acids is 1. The lowest BCUT2D eigenvalue weighted by molar-refractivity contribution is -0.126. The third-order valence-electron chi connectivity index (χ3n) is 7.01. The number of nitrogens with one attached hydrogen (secondary N) is 2. The molecular weight excluding hydrogens is 422 g/mol. The summed E-state index contributed by atoms with van der Waals surface area (Å²) in [5, 5.41) is 6.62. The van der Waals surface area contributed by atoms with Crippen LogP contribution in [0.4, 0.5) is 0 Å². The number of hydrogen-bond acceptors (Lipinski definition) is 5. The van der Waals surface area contributed by atoms with Gasteiger partial charge < -0.3 is 10.6 Å². The number of likely N-dealkylation sites (tertiary alicyclic amines) is 1. The molecule has 34 heavy (non-hydrogen) atoms. The van der Waals surface area contributed by atoms with Gasteiger partial charge in [-0.15, -0.1) is 0 Å². The van der Waals surface area contributed by atoms with Gasteiger partial charge in [0.2, 0.25) is 5.91 Å². The lowest BCUT2D eigenvalue weighted by atomic mass is 9.90. The Kier molecular flexibility index (Phi) is 7.27. The van der Waals surface area contributed by atoms with Crippen molar-refractivity contribution in [2.75, 3.05) is 6.54 Å². The van der Waals surface area contributed by atoms with Crippen LogP contribution in [0.25, 0.3) is 0 Å². The van der Waals surface area contributed by atoms with E-state index in [1.54, 1.807) is 0 Å². The fourth-order valence-electron chi connectivity index (χ4n) is 5.27. The summed E-state index contributed by atoms with van der Waals surface area (Å²) in [7, 11) is 0. The molecule has 2 aliphatic rings. The number of pyridine rings is 2. The second-order valence-corrected chi connectivity index (χ2v) is 9.31. The Balaban J connectivity index is 1.13. The fourth-order valence-corrected chi connectivity index (χ4v) is 5.27. The minimum Gasteiger partial charge on any atom is -0.351 e. The zero-order valence-electron chi connectivity index (χ0n) is 19.6. The molecule has 3 aromatic rings. The zero-order valence-corrected chi connectivity index (χ0v) is 19.6. The van der Waals surface area contributed by atoms with Gasteiger partial charge >= 0.3 is 0 Å². The first-order chi connectivity index (χ1) is 16.8. The molecule has 6 nitrogen and oxygen atoms in total. The van der Waals surface area contributed by atoms with Gasteiger partial charge in [0.25, 0.3) is 0 Å². The number of hydrogen-bond donors (Lipinski definition) is 2. The van der Waals surface area contributed by atoms with Gasteiger partial charge in [-0.1, -0.05) is 36.4 Å². The number of fused-ring (bicyclic) bond motifs is 1. The highest BCUT2D eigenvalue weighted by molar-refractivity contribution is 5.82. The van der Waals surface area contributed by atoms with Crippen molar-refractivity contribution in [2.24, 2.45) is 0 Å². The molecule has 1 saturated heterocycles. The van der Waals surface area contributed by atoms with Crippen LogP contribution in [0.3, 0.4) is 0 Å². The van der Waals surface area contributed by atoms with Gasteiger partial charge in [-0.25, -0.2) is 0 Å². The Morgan fingerprint density at radius 2 is 1.71 bits per heavy atom. The summed E-state index contributed by atoms with van der Waals surface area (Å²) in [5.41, 5.74) is 5.91. The van der Waals surface area contributed by atoms with Crippen molar-refractivity contribution in [1.82, 2.24) is 25.5 Å². The van der Waals surface area contributed by atoms with Crippen molar-refractivity contribution >= 4 is 5.91 Å². The molecule has 2 atom stereocenters. The van der Waals surface area contributed by atoms with Crippen molar-refractivity contribution in [3.63, 3.8) is 0 Å². The second kappa shape index (κ2) is 10.9. The SMILES string of the molecule is O=C(NCc1ccc(CNCc2ccccn2)cc1)[C@@H]1CCCN1C1CCCc2cccnc21. The Morgan fingerprint density at radius 1 is 0.882 bits per heavy atom. The molecule has 6 heteroatoms. The van der Waals surface area contributed by atoms with Crippen LogP contribution in [0.15, 0.2) is 67.0 Å². The minimum absolute atomic E-state index is 0.0620. The van der Waals surface area contributed by atoms with Crippen molar-refractivity contribution in [3.8, 4) is 0 Å². The van der Waals surface area contributed by atoms with Gasteiger partial charge in [-0.3, -0.25) is 19.7 Å². The normalized spacial score (nSPS) is 20.1. The molecule has 1 unspecified atom stereocenters. The lowest BCUT2D eigenvalue weighted by Gasteiger charge is -2.35. The molecular formula is C28H33N5O. The van der Waals surface area contributed by atoms with Crippen LogP contribution in [-0.2, 0) is 30.8 Å². The predicted octanol–water partition coefficient (Wildman–Crippen LogP) is 3.92. The second-order valence-electron chi connectivity index (χ2n) is 9.31. The minimum atomic E-state index is -0.0620. The van der Waals surface area contributed by atoms with Crippen LogP contribution in [0.5, 0.6) is 0 Å². The zero-order chi connectivity index (χ0) is 23.2. The maximum Gasteiger partial charge on any atom is 0.237 e. The first-order valence-electron chi connectivity index (χ1n) is 12.4. The standard InChI is InChI=1S/C28H33N5O/c34-28(26-10-5-17-33(26)25-9-3-6-23-7-4-16-31-27(23)25)32-19-22-13-11-21(12-14-22)18-29-20-24-8-1-2-15-30-24/h1-2,4,7-8,11-16,25-26,29H,3,5-6,9-10,17-20H2,(H,32,34)/t25?,26-/m0/s1. The molecule has 0 saturated carbocycles. The number of carbonyl (C=O) groups is 1. The fraction of sp³-hybridized carbons (Fsp3) is 0.393. The lowest BCUT2D eigenvalue weighted by Crippen LogP contribution is -2.45. The molecule has 1 fully saturated rings. The highest BCUT2D eigenvalue weighted by Crippen LogP contribution is 2.37. The van der Waals surface area contributed by atoms with E-state index in [1.807, 2.05) is 36.7 Å². The predicted molar refractivity (Wildman–Crippen MR) is 133 cm³/mol. The smallest absolute Gasteiger partial charge is 0.237 e. The summed E-state index contributed by atoms with van der Waals surface area (Å²) in [6.07, 6.45) is 9.04. The van der Waals surface area contributed by atoms with Gasteiger partial charge in [0.05, 0.1) is 23.5 Å². The van der Waals surface area contributed by atoms with E-state index in [4.69, 9.17) is 4.98 Å². The van der Waals surface area contributed by atoms with E-state index < -0.39 is 0 Å². The molecule has 1 aromatic carbocycles. The van der Waals surface area contributed by atoms with E-state index in [1.165, 1.54) is 16.8 Å². The highest BCUT2D eigenvalue weighted by Gasteiger charge is 2.38. The average Bonchev–Trinajstić information content (AvgIpc) is 3.38. The van der Waals surface area contributed by atoms with Gasteiger partial charge in [0, 0.05) is 32.0 Å². The highest BCUT2D eigenvalue weighted by atomic mass is 16.2. The Bertz CT molecular complexity index is 1090. The number of aromatic nitrogens is 2. The first kappa shape index (κ1) is 22.7. The summed E-state index contributed by atoms with van der Waals surface area (Å²) in [4.78, 5) is 24.6. The van der Waals surface area contributed by atoms with Gasteiger partial charge in [-0.2, -0.15) is 0 Å². The summed E-state index contributed by atoms with van der Waals surface area (Å²) < 4.78 is 0. The van der Waals surface area contributed by atoms with E-state index in [9.17, 15) is 4.79 Å². The van der Waals surface area contributed by atoms with Crippen LogP contribution in [0, 0.1) is 0 Å². The van der Waals surface area contributed by atoms with E-state index in [0.29, 0.717) is 6.54 Å². The van der Waals surface area contributed by atoms with E-state index in [0.717, 1.165) is 63.0 Å². The third-order valence-corrected chi connectivity index (χ3v) is 7.01. The van der Waals surface area contributed by atoms with Gasteiger partial charge in [-0.05, 0) is 73.5 Å². The summed E-state index contributed by atoms with van der Waals surface area (Å²) in [6.45, 7) is 3.07. The maximum absolute atomic E-state index is 13.1.